The summed E-state index contributed by atoms with van der Waals surface area (Å²) in [5.41, 5.74) is 1.84. The van der Waals surface area contributed by atoms with Gasteiger partial charge in [0.15, 0.2) is 0 Å². The van der Waals surface area contributed by atoms with E-state index in [9.17, 15) is 9.00 Å². The zero-order chi connectivity index (χ0) is 20.1. The van der Waals surface area contributed by atoms with Gasteiger partial charge in [-0.3, -0.25) is 13.9 Å². The summed E-state index contributed by atoms with van der Waals surface area (Å²) in [6, 6.07) is 15.5. The van der Waals surface area contributed by atoms with Crippen LogP contribution in [0.4, 0.5) is 0 Å². The molecule has 2 aromatic carbocycles. The van der Waals surface area contributed by atoms with E-state index in [-0.39, 0.29) is 11.9 Å². The third-order valence-corrected chi connectivity index (χ3v) is 6.37. The van der Waals surface area contributed by atoms with Crippen LogP contribution in [0.15, 0.2) is 53.4 Å². The summed E-state index contributed by atoms with van der Waals surface area (Å²) >= 11 is 0. The summed E-state index contributed by atoms with van der Waals surface area (Å²) in [6.07, 6.45) is 3.84. The van der Waals surface area contributed by atoms with Gasteiger partial charge in [0.2, 0.25) is 0 Å². The lowest BCUT2D eigenvalue weighted by molar-refractivity contribution is 0.0891. The largest absolute Gasteiger partial charge is 0.497 e. The predicted octanol–water partition coefficient (Wildman–Crippen LogP) is 3.25. The zero-order valence-electron chi connectivity index (χ0n) is 16.7. The lowest BCUT2D eigenvalue weighted by atomic mass is 9.85. The van der Waals surface area contributed by atoms with Gasteiger partial charge in [0.05, 0.1) is 7.11 Å². The van der Waals surface area contributed by atoms with Crippen molar-refractivity contribution < 1.29 is 13.7 Å². The molecule has 6 heteroatoms. The number of likely N-dealkylation sites (tertiary alicyclic amines) is 1. The first-order chi connectivity index (χ1) is 13.5. The first-order valence-corrected chi connectivity index (χ1v) is 11.1. The number of nitrogens with zero attached hydrogens (tertiary/aromatic N) is 1. The molecule has 3 unspecified atom stereocenters. The molecule has 1 saturated heterocycles. The standard InChI is InChI=1S/C22H28N2O3S/c1-24-14-4-5-18(21(24)16-6-10-19(27-2)11-7-16)15-23-22(25)17-8-12-20(13-9-17)28(3)26/h6-13,18,21H,4-5,14-15H2,1-3H3,(H,23,25). The van der Waals surface area contributed by atoms with Crippen LogP contribution < -0.4 is 10.1 Å². The first kappa shape index (κ1) is 20.6. The molecule has 1 N–H and O–H groups in total. The Morgan fingerprint density at radius 3 is 2.46 bits per heavy atom. The van der Waals surface area contributed by atoms with E-state index in [1.807, 2.05) is 12.1 Å². The van der Waals surface area contributed by atoms with E-state index in [1.54, 1.807) is 37.6 Å². The average molecular weight is 401 g/mol. The average Bonchev–Trinajstić information content (AvgIpc) is 2.72. The number of methoxy groups -OCH3 is 1. The van der Waals surface area contributed by atoms with Gasteiger partial charge >= 0.3 is 0 Å². The highest BCUT2D eigenvalue weighted by Crippen LogP contribution is 2.35. The van der Waals surface area contributed by atoms with Crippen molar-refractivity contribution in [3.8, 4) is 5.75 Å². The number of carbonyl (C=O) groups is 1. The summed E-state index contributed by atoms with van der Waals surface area (Å²) in [7, 11) is 2.78. The van der Waals surface area contributed by atoms with Gasteiger partial charge in [0.25, 0.3) is 5.91 Å². The first-order valence-electron chi connectivity index (χ1n) is 9.55. The summed E-state index contributed by atoms with van der Waals surface area (Å²) < 4.78 is 16.8. The fraction of sp³-hybridized carbons (Fsp3) is 0.409. The molecule has 1 fully saturated rings. The molecular formula is C22H28N2O3S. The minimum absolute atomic E-state index is 0.0878. The van der Waals surface area contributed by atoms with Crippen LogP contribution in [-0.2, 0) is 10.8 Å². The van der Waals surface area contributed by atoms with E-state index in [1.165, 1.54) is 5.56 Å². The molecule has 0 spiro atoms. The molecule has 28 heavy (non-hydrogen) atoms. The predicted molar refractivity (Wildman–Crippen MR) is 112 cm³/mol. The van der Waals surface area contributed by atoms with Crippen LogP contribution in [0, 0.1) is 5.92 Å². The molecule has 1 aliphatic heterocycles. The molecule has 0 bridgehead atoms. The molecule has 1 amide bonds. The maximum Gasteiger partial charge on any atom is 0.251 e. The Balaban J connectivity index is 1.68. The Morgan fingerprint density at radius 2 is 1.86 bits per heavy atom. The topological polar surface area (TPSA) is 58.6 Å². The quantitative estimate of drug-likeness (QED) is 0.809. The van der Waals surface area contributed by atoms with E-state index < -0.39 is 10.8 Å². The summed E-state index contributed by atoms with van der Waals surface area (Å²) in [5.74, 6) is 1.11. The molecule has 0 saturated carbocycles. The van der Waals surface area contributed by atoms with Crippen molar-refractivity contribution >= 4 is 16.7 Å². The second-order valence-electron chi connectivity index (χ2n) is 7.29. The molecule has 150 valence electrons. The van der Waals surface area contributed by atoms with Crippen LogP contribution >= 0.6 is 0 Å². The van der Waals surface area contributed by atoms with E-state index in [0.717, 1.165) is 30.0 Å². The number of amides is 1. The maximum absolute atomic E-state index is 12.6. The molecule has 0 aliphatic carbocycles. The van der Waals surface area contributed by atoms with Gasteiger partial charge < -0.3 is 10.1 Å². The normalized spacial score (nSPS) is 21.1. The number of benzene rings is 2. The van der Waals surface area contributed by atoms with Crippen LogP contribution in [0.5, 0.6) is 5.75 Å². The number of piperidine rings is 1. The number of hydrogen-bond acceptors (Lipinski definition) is 4. The van der Waals surface area contributed by atoms with E-state index in [2.05, 4.69) is 29.4 Å². The third-order valence-electron chi connectivity index (χ3n) is 5.44. The van der Waals surface area contributed by atoms with Crippen molar-refractivity contribution in [1.29, 1.82) is 0 Å². The zero-order valence-corrected chi connectivity index (χ0v) is 17.5. The number of rotatable bonds is 6. The van der Waals surface area contributed by atoms with E-state index in [0.29, 0.717) is 18.0 Å². The summed E-state index contributed by atoms with van der Waals surface area (Å²) in [6.45, 7) is 1.68. The lowest BCUT2D eigenvalue weighted by Gasteiger charge is -2.39. The van der Waals surface area contributed by atoms with Gasteiger partial charge in [0.1, 0.15) is 5.75 Å². The van der Waals surface area contributed by atoms with Crippen LogP contribution in [0.3, 0.4) is 0 Å². The lowest BCUT2D eigenvalue weighted by Crippen LogP contribution is -2.41. The van der Waals surface area contributed by atoms with Crippen molar-refractivity contribution in [2.45, 2.75) is 23.8 Å². The molecule has 1 aliphatic rings. The molecule has 2 aromatic rings. The van der Waals surface area contributed by atoms with Gasteiger partial charge in [-0.2, -0.15) is 0 Å². The van der Waals surface area contributed by atoms with E-state index >= 15 is 0 Å². The Morgan fingerprint density at radius 1 is 1.18 bits per heavy atom. The minimum atomic E-state index is -1.04. The van der Waals surface area contributed by atoms with Crippen LogP contribution in [0.25, 0.3) is 0 Å². The Bertz CT molecular complexity index is 821. The summed E-state index contributed by atoms with van der Waals surface area (Å²) in [4.78, 5) is 15.7. The Kier molecular flexibility index (Phi) is 6.86. The second kappa shape index (κ2) is 9.34. The van der Waals surface area contributed by atoms with Gasteiger partial charge in [-0.1, -0.05) is 12.1 Å². The maximum atomic E-state index is 12.6. The number of hydrogen-bond donors (Lipinski definition) is 1. The van der Waals surface area contributed by atoms with Crippen molar-refractivity contribution in [3.63, 3.8) is 0 Å². The van der Waals surface area contributed by atoms with Crippen LogP contribution in [-0.4, -0.2) is 48.5 Å². The molecule has 3 rings (SSSR count). The number of carbonyl (C=O) groups excluding carboxylic acids is 1. The molecule has 3 atom stereocenters. The molecule has 0 aromatic heterocycles. The van der Waals surface area contributed by atoms with Gasteiger partial charge in [-0.25, -0.2) is 0 Å². The van der Waals surface area contributed by atoms with Crippen LogP contribution in [0.2, 0.25) is 0 Å². The monoisotopic (exact) mass is 400 g/mol. The smallest absolute Gasteiger partial charge is 0.251 e. The SMILES string of the molecule is COc1ccc(C2C(CNC(=O)c3ccc(S(C)=O)cc3)CCCN2C)cc1. The Labute approximate surface area is 169 Å². The number of nitrogens with one attached hydrogen (secondary N) is 1. The van der Waals surface area contributed by atoms with Gasteiger partial charge in [-0.05, 0) is 74.3 Å². The van der Waals surface area contributed by atoms with Gasteiger partial charge in [0, 0.05) is 40.1 Å². The fourth-order valence-corrected chi connectivity index (χ4v) is 4.44. The van der Waals surface area contributed by atoms with Crippen molar-refractivity contribution in [1.82, 2.24) is 10.2 Å². The molecular weight excluding hydrogens is 372 g/mol. The van der Waals surface area contributed by atoms with E-state index in [4.69, 9.17) is 4.74 Å². The number of ether oxygens (including phenoxy) is 1. The van der Waals surface area contributed by atoms with Crippen LogP contribution in [0.1, 0.15) is 34.8 Å². The molecule has 0 radical (unpaired) electrons. The minimum Gasteiger partial charge on any atom is -0.497 e. The molecule has 5 nitrogen and oxygen atoms in total. The van der Waals surface area contributed by atoms with Crippen molar-refractivity contribution in [2.24, 2.45) is 5.92 Å². The van der Waals surface area contributed by atoms with Crippen molar-refractivity contribution in [2.75, 3.05) is 33.5 Å². The highest BCUT2D eigenvalue weighted by atomic mass is 32.2. The highest BCUT2D eigenvalue weighted by molar-refractivity contribution is 7.84. The fourth-order valence-electron chi connectivity index (χ4n) is 3.92. The Hall–Kier alpha value is -2.18. The second-order valence-corrected chi connectivity index (χ2v) is 8.67. The third kappa shape index (κ3) is 4.80. The summed E-state index contributed by atoms with van der Waals surface area (Å²) in [5, 5.41) is 3.09. The van der Waals surface area contributed by atoms with Gasteiger partial charge in [-0.15, -0.1) is 0 Å². The molecule has 1 heterocycles. The highest BCUT2D eigenvalue weighted by Gasteiger charge is 2.30. The van der Waals surface area contributed by atoms with Crippen molar-refractivity contribution in [3.05, 3.63) is 59.7 Å².